The van der Waals surface area contributed by atoms with Crippen molar-refractivity contribution in [1.82, 2.24) is 5.16 Å². The smallest absolute Gasteiger partial charge is 0.339 e. The molecule has 0 atom stereocenters. The zero-order valence-electron chi connectivity index (χ0n) is 12.3. The summed E-state index contributed by atoms with van der Waals surface area (Å²) in [6, 6.07) is 10.9. The molecule has 22 heavy (non-hydrogen) atoms. The van der Waals surface area contributed by atoms with Crippen LogP contribution in [0.1, 0.15) is 27.4 Å². The van der Waals surface area contributed by atoms with E-state index in [2.05, 4.69) is 5.16 Å². The summed E-state index contributed by atoms with van der Waals surface area (Å²) >= 11 is 0. The molecule has 2 aromatic carbocycles. The predicted octanol–water partition coefficient (Wildman–Crippen LogP) is 3.72. The molecule has 0 unspecified atom stereocenters. The van der Waals surface area contributed by atoms with Crippen molar-refractivity contribution >= 4 is 16.7 Å². The lowest BCUT2D eigenvalue weighted by atomic mass is 10.1. The molecule has 0 fully saturated rings. The van der Waals surface area contributed by atoms with Crippen LogP contribution < -0.4 is 4.74 Å². The van der Waals surface area contributed by atoms with E-state index in [0.29, 0.717) is 11.5 Å². The molecule has 5 nitrogen and oxygen atoms in total. The molecule has 0 spiro atoms. The summed E-state index contributed by atoms with van der Waals surface area (Å²) < 4.78 is 10.9. The van der Waals surface area contributed by atoms with Crippen LogP contribution in [0, 0.1) is 13.8 Å². The Hall–Kier alpha value is -2.82. The van der Waals surface area contributed by atoms with Crippen LogP contribution in [-0.2, 0) is 6.61 Å². The van der Waals surface area contributed by atoms with Crippen LogP contribution >= 0.6 is 0 Å². The molecule has 1 aromatic heterocycles. The van der Waals surface area contributed by atoms with Crippen LogP contribution in [0.4, 0.5) is 0 Å². The van der Waals surface area contributed by atoms with Crippen LogP contribution in [0.5, 0.6) is 5.75 Å². The Morgan fingerprint density at radius 1 is 1.23 bits per heavy atom. The highest BCUT2D eigenvalue weighted by molar-refractivity contribution is 6.00. The number of hydrogen-bond acceptors (Lipinski definition) is 4. The molecule has 0 radical (unpaired) electrons. The molecule has 112 valence electrons. The monoisotopic (exact) mass is 297 g/mol. The number of aryl methyl sites for hydroxylation is 2. The SMILES string of the molecule is Cc1noc(C)c1COc1c(C(=O)O)ccc2ccccc12. The van der Waals surface area contributed by atoms with E-state index in [1.54, 1.807) is 19.1 Å². The molecule has 0 bridgehead atoms. The minimum Gasteiger partial charge on any atom is -0.487 e. The molecular weight excluding hydrogens is 282 g/mol. The molecular formula is C17H15NO4. The summed E-state index contributed by atoms with van der Waals surface area (Å²) in [5.41, 5.74) is 1.73. The number of ether oxygens (including phenoxy) is 1. The fourth-order valence-electron chi connectivity index (χ4n) is 2.42. The average Bonchev–Trinajstić information content (AvgIpc) is 2.83. The molecule has 1 N–H and O–H groups in total. The van der Waals surface area contributed by atoms with Gasteiger partial charge in [-0.25, -0.2) is 4.79 Å². The number of aromatic nitrogens is 1. The molecule has 0 aliphatic heterocycles. The highest BCUT2D eigenvalue weighted by Crippen LogP contribution is 2.31. The Balaban J connectivity index is 2.04. The minimum absolute atomic E-state index is 0.144. The second kappa shape index (κ2) is 5.52. The maximum absolute atomic E-state index is 11.4. The molecule has 3 rings (SSSR count). The van der Waals surface area contributed by atoms with Crippen molar-refractivity contribution in [2.24, 2.45) is 0 Å². The Morgan fingerprint density at radius 2 is 2.00 bits per heavy atom. The number of carboxylic acids is 1. The fraction of sp³-hybridized carbons (Fsp3) is 0.176. The zero-order valence-corrected chi connectivity index (χ0v) is 12.3. The van der Waals surface area contributed by atoms with Crippen molar-refractivity contribution in [1.29, 1.82) is 0 Å². The van der Waals surface area contributed by atoms with Crippen molar-refractivity contribution in [3.63, 3.8) is 0 Å². The van der Waals surface area contributed by atoms with E-state index in [0.717, 1.165) is 22.0 Å². The largest absolute Gasteiger partial charge is 0.487 e. The number of carboxylic acid groups (broad SMARTS) is 1. The number of fused-ring (bicyclic) bond motifs is 1. The first-order valence-electron chi connectivity index (χ1n) is 6.87. The summed E-state index contributed by atoms with van der Waals surface area (Å²) in [6.07, 6.45) is 0. The Kier molecular flexibility index (Phi) is 3.55. The second-order valence-electron chi connectivity index (χ2n) is 5.06. The van der Waals surface area contributed by atoms with Crippen molar-refractivity contribution in [2.45, 2.75) is 20.5 Å². The number of nitrogens with zero attached hydrogens (tertiary/aromatic N) is 1. The molecule has 0 aliphatic carbocycles. The first-order chi connectivity index (χ1) is 10.6. The van der Waals surface area contributed by atoms with Crippen LogP contribution in [0.3, 0.4) is 0 Å². The lowest BCUT2D eigenvalue weighted by Gasteiger charge is -2.12. The highest BCUT2D eigenvalue weighted by atomic mass is 16.5. The van der Waals surface area contributed by atoms with E-state index in [-0.39, 0.29) is 12.2 Å². The van der Waals surface area contributed by atoms with Gasteiger partial charge in [0.2, 0.25) is 0 Å². The number of aromatic carboxylic acids is 1. The summed E-state index contributed by atoms with van der Waals surface area (Å²) in [4.78, 5) is 11.4. The molecule has 0 saturated carbocycles. The van der Waals surface area contributed by atoms with Gasteiger partial charge in [-0.1, -0.05) is 35.5 Å². The van der Waals surface area contributed by atoms with Crippen LogP contribution in [0.2, 0.25) is 0 Å². The topological polar surface area (TPSA) is 72.6 Å². The number of carbonyl (C=O) groups is 1. The van der Waals surface area contributed by atoms with Crippen molar-refractivity contribution in [2.75, 3.05) is 0 Å². The Morgan fingerprint density at radius 3 is 2.68 bits per heavy atom. The van der Waals surface area contributed by atoms with Crippen LogP contribution in [0.25, 0.3) is 10.8 Å². The zero-order chi connectivity index (χ0) is 15.7. The van der Waals surface area contributed by atoms with Gasteiger partial charge < -0.3 is 14.4 Å². The second-order valence-corrected chi connectivity index (χ2v) is 5.06. The van der Waals surface area contributed by atoms with E-state index < -0.39 is 5.97 Å². The number of hydrogen-bond donors (Lipinski definition) is 1. The van der Waals surface area contributed by atoms with Gasteiger partial charge in [-0.05, 0) is 25.3 Å². The first kappa shape index (κ1) is 14.1. The summed E-state index contributed by atoms with van der Waals surface area (Å²) in [6.45, 7) is 3.85. The van der Waals surface area contributed by atoms with Gasteiger partial charge >= 0.3 is 5.97 Å². The van der Waals surface area contributed by atoms with Crippen molar-refractivity contribution < 1.29 is 19.2 Å². The minimum atomic E-state index is -1.01. The van der Waals surface area contributed by atoms with Crippen molar-refractivity contribution in [3.05, 3.63) is 59.0 Å². The van der Waals surface area contributed by atoms with Crippen molar-refractivity contribution in [3.8, 4) is 5.75 Å². The number of benzene rings is 2. The lowest BCUT2D eigenvalue weighted by Crippen LogP contribution is -2.05. The number of rotatable bonds is 4. The van der Waals surface area contributed by atoms with Gasteiger partial charge in [0.05, 0.1) is 11.3 Å². The third-order valence-electron chi connectivity index (χ3n) is 3.65. The molecule has 0 aliphatic rings. The highest BCUT2D eigenvalue weighted by Gasteiger charge is 2.17. The average molecular weight is 297 g/mol. The van der Waals surface area contributed by atoms with Gasteiger partial charge in [-0.2, -0.15) is 0 Å². The molecule has 0 saturated heterocycles. The van der Waals surface area contributed by atoms with E-state index in [1.165, 1.54) is 0 Å². The molecule has 5 heteroatoms. The summed E-state index contributed by atoms with van der Waals surface area (Å²) in [5.74, 6) is 0.0275. The first-order valence-corrected chi connectivity index (χ1v) is 6.87. The normalized spacial score (nSPS) is 10.8. The molecule has 3 aromatic rings. The van der Waals surface area contributed by atoms with Gasteiger partial charge in [-0.3, -0.25) is 0 Å². The Bertz CT molecular complexity index is 831. The van der Waals surface area contributed by atoms with Gasteiger partial charge in [0.1, 0.15) is 23.7 Å². The van der Waals surface area contributed by atoms with Gasteiger partial charge in [0.25, 0.3) is 0 Å². The third-order valence-corrected chi connectivity index (χ3v) is 3.65. The predicted molar refractivity (Wildman–Crippen MR) is 81.2 cm³/mol. The fourth-order valence-corrected chi connectivity index (χ4v) is 2.42. The van der Waals surface area contributed by atoms with E-state index in [1.807, 2.05) is 31.2 Å². The van der Waals surface area contributed by atoms with E-state index in [4.69, 9.17) is 9.26 Å². The lowest BCUT2D eigenvalue weighted by molar-refractivity contribution is 0.0692. The maximum Gasteiger partial charge on any atom is 0.339 e. The van der Waals surface area contributed by atoms with E-state index >= 15 is 0 Å². The van der Waals surface area contributed by atoms with E-state index in [9.17, 15) is 9.90 Å². The van der Waals surface area contributed by atoms with Crippen LogP contribution in [-0.4, -0.2) is 16.2 Å². The van der Waals surface area contributed by atoms with Gasteiger partial charge in [0.15, 0.2) is 0 Å². The summed E-state index contributed by atoms with van der Waals surface area (Å²) in [5, 5.41) is 15.0. The van der Waals surface area contributed by atoms with Crippen LogP contribution in [0.15, 0.2) is 40.9 Å². The van der Waals surface area contributed by atoms with Gasteiger partial charge in [0, 0.05) is 5.39 Å². The Labute approximate surface area is 127 Å². The quantitative estimate of drug-likeness (QED) is 0.794. The third kappa shape index (κ3) is 2.41. The molecule has 1 heterocycles. The maximum atomic E-state index is 11.4. The standard InChI is InChI=1S/C17H15NO4/c1-10-15(11(2)22-18-10)9-21-16-13-6-4-3-5-12(13)7-8-14(16)17(19)20/h3-8H,9H2,1-2H3,(H,19,20). The van der Waals surface area contributed by atoms with Gasteiger partial charge in [-0.15, -0.1) is 0 Å². The summed E-state index contributed by atoms with van der Waals surface area (Å²) in [7, 11) is 0. The molecule has 0 amide bonds.